The maximum atomic E-state index is 11.8. The lowest BCUT2D eigenvalue weighted by Crippen LogP contribution is -2.43. The lowest BCUT2D eigenvalue weighted by molar-refractivity contribution is -0.162. The zero-order chi connectivity index (χ0) is 26.5. The highest BCUT2D eigenvalue weighted by atomic mass is 28.4. The Morgan fingerprint density at radius 2 is 2.00 bits per heavy atom. The Morgan fingerprint density at radius 3 is 2.61 bits per heavy atom. The van der Waals surface area contributed by atoms with Crippen LogP contribution in [0.3, 0.4) is 0 Å². The summed E-state index contributed by atoms with van der Waals surface area (Å²) >= 11 is 0. The van der Waals surface area contributed by atoms with Crippen molar-refractivity contribution in [3.8, 4) is 11.5 Å². The summed E-state index contributed by atoms with van der Waals surface area (Å²) in [6.45, 7) is 12.7. The van der Waals surface area contributed by atoms with Crippen LogP contribution in [-0.2, 0) is 32.1 Å². The Morgan fingerprint density at radius 1 is 1.25 bits per heavy atom. The zero-order valence-electron chi connectivity index (χ0n) is 21.9. The molecule has 36 heavy (non-hydrogen) atoms. The van der Waals surface area contributed by atoms with Crippen molar-refractivity contribution in [2.24, 2.45) is 0 Å². The van der Waals surface area contributed by atoms with Gasteiger partial charge in [0.2, 0.25) is 14.4 Å². The number of aromatic nitrogens is 2. The monoisotopic (exact) mass is 516 g/mol. The molecule has 1 saturated heterocycles. The molecule has 1 N–H and O–H groups in total. The number of hydrogen-bond acceptors (Lipinski definition) is 8. The van der Waals surface area contributed by atoms with Gasteiger partial charge in [0.05, 0.1) is 5.69 Å². The van der Waals surface area contributed by atoms with E-state index in [1.807, 2.05) is 6.07 Å². The van der Waals surface area contributed by atoms with Crippen molar-refractivity contribution in [3.63, 3.8) is 0 Å². The van der Waals surface area contributed by atoms with Crippen LogP contribution in [0, 0.1) is 0 Å². The quantitative estimate of drug-likeness (QED) is 0.349. The predicted molar refractivity (Wildman–Crippen MR) is 135 cm³/mol. The van der Waals surface area contributed by atoms with Crippen LogP contribution in [0.2, 0.25) is 18.1 Å². The molecule has 1 aromatic heterocycles. The number of carboxylic acids is 1. The third-order valence-corrected chi connectivity index (χ3v) is 10.9. The van der Waals surface area contributed by atoms with E-state index in [0.717, 1.165) is 12.8 Å². The molecule has 2 unspecified atom stereocenters. The van der Waals surface area contributed by atoms with E-state index in [1.165, 1.54) is 6.92 Å². The van der Waals surface area contributed by atoms with Gasteiger partial charge in [-0.2, -0.15) is 0 Å². The second kappa shape index (κ2) is 11.4. The number of esters is 1. The Labute approximate surface area is 213 Å². The van der Waals surface area contributed by atoms with Crippen molar-refractivity contribution >= 4 is 20.3 Å². The highest BCUT2D eigenvalue weighted by molar-refractivity contribution is 6.74. The van der Waals surface area contributed by atoms with E-state index < -0.39 is 26.4 Å². The molecule has 1 fully saturated rings. The molecule has 0 aliphatic carbocycles. The van der Waals surface area contributed by atoms with Crippen LogP contribution in [0.25, 0.3) is 0 Å². The molecule has 0 radical (unpaired) electrons. The Kier molecular flexibility index (Phi) is 8.73. The van der Waals surface area contributed by atoms with Crippen LogP contribution in [0.1, 0.15) is 63.7 Å². The number of carboxylic acid groups (broad SMARTS) is 1. The number of rotatable bonds is 10. The van der Waals surface area contributed by atoms with Crippen molar-refractivity contribution in [1.82, 2.24) is 9.97 Å². The average molecular weight is 517 g/mol. The smallest absolute Gasteiger partial charge is 0.345 e. The fourth-order valence-electron chi connectivity index (χ4n) is 3.53. The van der Waals surface area contributed by atoms with Crippen LogP contribution in [0.15, 0.2) is 30.5 Å². The zero-order valence-corrected chi connectivity index (χ0v) is 22.9. The maximum absolute atomic E-state index is 11.8. The van der Waals surface area contributed by atoms with E-state index in [9.17, 15) is 14.7 Å². The molecule has 1 aliphatic rings. The first-order valence-electron chi connectivity index (χ1n) is 12.1. The summed E-state index contributed by atoms with van der Waals surface area (Å²) in [5.41, 5.74) is 1.24. The summed E-state index contributed by atoms with van der Waals surface area (Å²) in [5.74, 6) is -0.176. The van der Waals surface area contributed by atoms with E-state index in [4.69, 9.17) is 18.6 Å². The standard InChI is InChI=1S/C26H36N2O7Si/c1-17(29)34-23(25(30)31)15-18-14-20(35-36(5,6)26(2,3)4)9-10-21(18)33-16-19-11-12-27-24(28-19)22-8-7-13-32-22/h9-12,14,22-23H,7-8,13,15-16H2,1-6H3,(H,30,31). The summed E-state index contributed by atoms with van der Waals surface area (Å²) in [5, 5.41) is 9.59. The van der Waals surface area contributed by atoms with Crippen LogP contribution >= 0.6 is 0 Å². The van der Waals surface area contributed by atoms with Gasteiger partial charge in [0, 0.05) is 31.7 Å². The summed E-state index contributed by atoms with van der Waals surface area (Å²) < 4.78 is 23.2. The summed E-state index contributed by atoms with van der Waals surface area (Å²) in [6.07, 6.45) is 2.03. The molecular formula is C26H36N2O7Si. The van der Waals surface area contributed by atoms with Crippen LogP contribution in [0.4, 0.5) is 0 Å². The number of carbonyl (C=O) groups excluding carboxylic acids is 1. The molecule has 0 bridgehead atoms. The SMILES string of the molecule is CC(=O)OC(Cc1cc(O[Si](C)(C)C(C)(C)C)ccc1OCc1ccnc(C2CCCO2)n1)C(=O)O. The number of benzene rings is 1. The minimum absolute atomic E-state index is 0.0164. The summed E-state index contributed by atoms with van der Waals surface area (Å²) in [6, 6.07) is 7.12. The third kappa shape index (κ3) is 7.27. The molecule has 1 aromatic carbocycles. The average Bonchev–Trinajstić information content (AvgIpc) is 3.32. The molecule has 10 heteroatoms. The van der Waals surface area contributed by atoms with E-state index in [0.29, 0.717) is 35.2 Å². The predicted octanol–water partition coefficient (Wildman–Crippen LogP) is 4.85. The molecule has 2 heterocycles. The van der Waals surface area contributed by atoms with Gasteiger partial charge < -0.3 is 23.7 Å². The van der Waals surface area contributed by atoms with Crippen molar-refractivity contribution < 1.29 is 33.3 Å². The Hall–Kier alpha value is -2.98. The molecule has 0 spiro atoms. The lowest BCUT2D eigenvalue weighted by Gasteiger charge is -2.36. The second-order valence-electron chi connectivity index (χ2n) is 10.5. The van der Waals surface area contributed by atoms with Gasteiger partial charge in [-0.25, -0.2) is 14.8 Å². The normalized spacial score (nSPS) is 16.9. The van der Waals surface area contributed by atoms with Gasteiger partial charge in [0.25, 0.3) is 0 Å². The van der Waals surface area contributed by atoms with Crippen LogP contribution in [0.5, 0.6) is 11.5 Å². The van der Waals surface area contributed by atoms with E-state index in [-0.39, 0.29) is 24.2 Å². The van der Waals surface area contributed by atoms with Crippen molar-refractivity contribution in [2.75, 3.05) is 6.61 Å². The molecule has 0 saturated carbocycles. The molecule has 3 rings (SSSR count). The molecule has 2 atom stereocenters. The second-order valence-corrected chi connectivity index (χ2v) is 15.2. The topological polar surface area (TPSA) is 117 Å². The molecular weight excluding hydrogens is 480 g/mol. The van der Waals surface area contributed by atoms with Crippen LogP contribution < -0.4 is 9.16 Å². The fourth-order valence-corrected chi connectivity index (χ4v) is 4.55. The number of nitrogens with zero attached hydrogens (tertiary/aromatic N) is 2. The third-order valence-electron chi connectivity index (χ3n) is 6.53. The summed E-state index contributed by atoms with van der Waals surface area (Å²) in [4.78, 5) is 32.2. The first-order chi connectivity index (χ1) is 16.9. The number of hydrogen-bond donors (Lipinski definition) is 1. The first kappa shape index (κ1) is 27.6. The van der Waals surface area contributed by atoms with Gasteiger partial charge >= 0.3 is 11.9 Å². The highest BCUT2D eigenvalue weighted by Crippen LogP contribution is 2.38. The first-order valence-corrected chi connectivity index (χ1v) is 15.0. The van der Waals surface area contributed by atoms with E-state index in [1.54, 1.807) is 24.4 Å². The minimum atomic E-state index is -2.14. The van der Waals surface area contributed by atoms with Crippen molar-refractivity contribution in [2.45, 2.75) is 83.9 Å². The lowest BCUT2D eigenvalue weighted by atomic mass is 10.1. The number of ether oxygens (including phenoxy) is 3. The number of carbonyl (C=O) groups is 2. The molecule has 2 aromatic rings. The van der Waals surface area contributed by atoms with E-state index >= 15 is 0 Å². The van der Waals surface area contributed by atoms with Gasteiger partial charge in [-0.1, -0.05) is 20.8 Å². The molecule has 9 nitrogen and oxygen atoms in total. The molecule has 0 amide bonds. The van der Waals surface area contributed by atoms with Gasteiger partial charge in [0.1, 0.15) is 24.2 Å². The molecule has 196 valence electrons. The van der Waals surface area contributed by atoms with E-state index in [2.05, 4.69) is 43.8 Å². The summed E-state index contributed by atoms with van der Waals surface area (Å²) in [7, 11) is -2.14. The maximum Gasteiger partial charge on any atom is 0.345 e. The van der Waals surface area contributed by atoms with Crippen LogP contribution in [-0.4, -0.2) is 48.0 Å². The largest absolute Gasteiger partial charge is 0.543 e. The highest BCUT2D eigenvalue weighted by Gasteiger charge is 2.39. The van der Waals surface area contributed by atoms with Crippen molar-refractivity contribution in [3.05, 3.63) is 47.5 Å². The van der Waals surface area contributed by atoms with Gasteiger partial charge in [0.15, 0.2) is 5.82 Å². The van der Waals surface area contributed by atoms with Gasteiger partial charge in [-0.05, 0) is 55.2 Å². The van der Waals surface area contributed by atoms with Crippen molar-refractivity contribution in [1.29, 1.82) is 0 Å². The molecule has 1 aliphatic heterocycles. The Balaban J connectivity index is 1.85. The Bertz CT molecular complexity index is 1080. The fraction of sp³-hybridized carbons (Fsp3) is 0.538. The minimum Gasteiger partial charge on any atom is -0.543 e. The van der Waals surface area contributed by atoms with Gasteiger partial charge in [-0.3, -0.25) is 4.79 Å². The number of aliphatic carboxylic acids is 1. The van der Waals surface area contributed by atoms with Gasteiger partial charge in [-0.15, -0.1) is 0 Å².